The normalized spacial score (nSPS) is 22.1. The van der Waals surface area contributed by atoms with Crippen molar-refractivity contribution in [3.63, 3.8) is 0 Å². The summed E-state index contributed by atoms with van der Waals surface area (Å²) in [5, 5.41) is 13.1. The molecule has 0 amide bonds. The Kier molecular flexibility index (Phi) is 4.61. The molecule has 0 spiro atoms. The molecule has 2 rings (SSSR count). The summed E-state index contributed by atoms with van der Waals surface area (Å²) in [7, 11) is 2.16. The molecule has 1 heterocycles. The van der Waals surface area contributed by atoms with Gasteiger partial charge in [0, 0.05) is 18.6 Å². The Labute approximate surface area is 110 Å². The zero-order valence-corrected chi connectivity index (χ0v) is 11.4. The van der Waals surface area contributed by atoms with E-state index < -0.39 is 0 Å². The van der Waals surface area contributed by atoms with Gasteiger partial charge in [-0.3, -0.25) is 4.90 Å². The smallest absolute Gasteiger partial charge is 0.115 e. The van der Waals surface area contributed by atoms with Gasteiger partial charge in [0.15, 0.2) is 0 Å². The summed E-state index contributed by atoms with van der Waals surface area (Å²) in [6.07, 6.45) is 3.92. The van der Waals surface area contributed by atoms with E-state index >= 15 is 0 Å². The molecule has 0 radical (unpaired) electrons. The Morgan fingerprint density at radius 2 is 2.28 bits per heavy atom. The molecule has 3 heteroatoms. The van der Waals surface area contributed by atoms with E-state index in [1.54, 1.807) is 6.07 Å². The largest absolute Gasteiger partial charge is 0.508 e. The van der Waals surface area contributed by atoms with Crippen molar-refractivity contribution in [2.45, 2.75) is 38.3 Å². The van der Waals surface area contributed by atoms with Crippen molar-refractivity contribution >= 4 is 0 Å². The van der Waals surface area contributed by atoms with Crippen LogP contribution in [0, 0.1) is 0 Å². The Balaban J connectivity index is 1.93. The summed E-state index contributed by atoms with van der Waals surface area (Å²) in [6.45, 7) is 4.41. The van der Waals surface area contributed by atoms with E-state index in [-0.39, 0.29) is 0 Å². The topological polar surface area (TPSA) is 35.5 Å². The number of nitrogens with zero attached hydrogens (tertiary/aromatic N) is 1. The molecule has 1 aromatic rings. The Morgan fingerprint density at radius 3 is 2.94 bits per heavy atom. The highest BCUT2D eigenvalue weighted by atomic mass is 16.3. The fraction of sp³-hybridized carbons (Fsp3) is 0.600. The van der Waals surface area contributed by atoms with Gasteiger partial charge in [0.05, 0.1) is 0 Å². The molecular formula is C15H24N2O. The van der Waals surface area contributed by atoms with Crippen LogP contribution in [0.5, 0.6) is 5.75 Å². The number of aromatic hydroxyl groups is 1. The van der Waals surface area contributed by atoms with Crippen molar-refractivity contribution in [1.82, 2.24) is 10.2 Å². The molecule has 0 aromatic heterocycles. The second-order valence-electron chi connectivity index (χ2n) is 5.36. The molecule has 2 N–H and O–H groups in total. The standard InChI is InChI=1S/C15H24N2O/c1-12(13-6-5-8-15(18)10-13)17(2)11-14-7-3-4-9-16-14/h5-6,8,10,12,14,16,18H,3-4,7,9,11H2,1-2H3. The fourth-order valence-electron chi connectivity index (χ4n) is 2.62. The lowest BCUT2D eigenvalue weighted by molar-refractivity contribution is 0.214. The molecule has 2 unspecified atom stereocenters. The minimum Gasteiger partial charge on any atom is -0.508 e. The van der Waals surface area contributed by atoms with E-state index in [0.717, 1.165) is 13.1 Å². The number of hydrogen-bond acceptors (Lipinski definition) is 3. The summed E-state index contributed by atoms with van der Waals surface area (Å²) >= 11 is 0. The van der Waals surface area contributed by atoms with E-state index in [4.69, 9.17) is 0 Å². The predicted molar refractivity (Wildman–Crippen MR) is 74.8 cm³/mol. The van der Waals surface area contributed by atoms with Crippen LogP contribution in [0.1, 0.15) is 37.8 Å². The zero-order chi connectivity index (χ0) is 13.0. The molecule has 100 valence electrons. The molecule has 1 aromatic carbocycles. The van der Waals surface area contributed by atoms with Crippen LogP contribution < -0.4 is 5.32 Å². The van der Waals surface area contributed by atoms with Crippen LogP contribution in [-0.2, 0) is 0 Å². The third-order valence-corrected chi connectivity index (χ3v) is 3.93. The summed E-state index contributed by atoms with van der Waals surface area (Å²) in [5.41, 5.74) is 1.17. The summed E-state index contributed by atoms with van der Waals surface area (Å²) in [4.78, 5) is 2.36. The van der Waals surface area contributed by atoms with Crippen molar-refractivity contribution in [3.05, 3.63) is 29.8 Å². The van der Waals surface area contributed by atoms with E-state index in [0.29, 0.717) is 17.8 Å². The lowest BCUT2D eigenvalue weighted by atomic mass is 10.0. The van der Waals surface area contributed by atoms with Crippen molar-refractivity contribution in [3.8, 4) is 5.75 Å². The first kappa shape index (κ1) is 13.4. The van der Waals surface area contributed by atoms with Gasteiger partial charge in [0.2, 0.25) is 0 Å². The van der Waals surface area contributed by atoms with E-state index in [1.807, 2.05) is 12.1 Å². The molecule has 0 saturated carbocycles. The lowest BCUT2D eigenvalue weighted by Gasteiger charge is -2.32. The minimum atomic E-state index is 0.334. The van der Waals surface area contributed by atoms with Crippen LogP contribution in [0.3, 0.4) is 0 Å². The maximum absolute atomic E-state index is 9.53. The average Bonchev–Trinajstić information content (AvgIpc) is 2.39. The van der Waals surface area contributed by atoms with E-state index in [1.165, 1.54) is 24.8 Å². The Morgan fingerprint density at radius 1 is 1.44 bits per heavy atom. The third-order valence-electron chi connectivity index (χ3n) is 3.93. The highest BCUT2D eigenvalue weighted by Gasteiger charge is 2.18. The number of nitrogens with one attached hydrogen (secondary N) is 1. The van der Waals surface area contributed by atoms with Crippen LogP contribution >= 0.6 is 0 Å². The molecule has 1 aliphatic rings. The van der Waals surface area contributed by atoms with Crippen LogP contribution in [0.15, 0.2) is 24.3 Å². The monoisotopic (exact) mass is 248 g/mol. The molecule has 1 saturated heterocycles. The quantitative estimate of drug-likeness (QED) is 0.859. The summed E-state index contributed by atoms with van der Waals surface area (Å²) in [5.74, 6) is 0.351. The number of benzene rings is 1. The first-order valence-electron chi connectivity index (χ1n) is 6.89. The maximum Gasteiger partial charge on any atom is 0.115 e. The van der Waals surface area contributed by atoms with Crippen molar-refractivity contribution in [2.24, 2.45) is 0 Å². The van der Waals surface area contributed by atoms with Gasteiger partial charge >= 0.3 is 0 Å². The maximum atomic E-state index is 9.53. The van der Waals surface area contributed by atoms with Gasteiger partial charge in [-0.15, -0.1) is 0 Å². The van der Waals surface area contributed by atoms with Crippen molar-refractivity contribution < 1.29 is 5.11 Å². The van der Waals surface area contributed by atoms with Crippen LogP contribution in [0.4, 0.5) is 0 Å². The van der Waals surface area contributed by atoms with Gasteiger partial charge in [-0.2, -0.15) is 0 Å². The minimum absolute atomic E-state index is 0.334. The first-order valence-corrected chi connectivity index (χ1v) is 6.89. The summed E-state index contributed by atoms with van der Waals surface area (Å²) in [6, 6.07) is 8.52. The van der Waals surface area contributed by atoms with Gasteiger partial charge in [0.25, 0.3) is 0 Å². The highest BCUT2D eigenvalue weighted by molar-refractivity contribution is 5.29. The van der Waals surface area contributed by atoms with Gasteiger partial charge in [-0.05, 0) is 51.1 Å². The number of likely N-dealkylation sites (N-methyl/N-ethyl adjacent to an activating group) is 1. The Hall–Kier alpha value is -1.06. The fourth-order valence-corrected chi connectivity index (χ4v) is 2.62. The van der Waals surface area contributed by atoms with E-state index in [2.05, 4.69) is 30.3 Å². The molecule has 0 bridgehead atoms. The zero-order valence-electron chi connectivity index (χ0n) is 11.4. The number of hydrogen-bond donors (Lipinski definition) is 2. The molecule has 1 aliphatic heterocycles. The van der Waals surface area contributed by atoms with Gasteiger partial charge in [-0.25, -0.2) is 0 Å². The molecular weight excluding hydrogens is 224 g/mol. The molecule has 2 atom stereocenters. The number of phenols is 1. The molecule has 0 aliphatic carbocycles. The molecule has 1 fully saturated rings. The lowest BCUT2D eigenvalue weighted by Crippen LogP contribution is -2.43. The average molecular weight is 248 g/mol. The number of rotatable bonds is 4. The molecule has 18 heavy (non-hydrogen) atoms. The third kappa shape index (κ3) is 3.47. The van der Waals surface area contributed by atoms with Gasteiger partial charge in [0.1, 0.15) is 5.75 Å². The van der Waals surface area contributed by atoms with Crippen LogP contribution in [0.25, 0.3) is 0 Å². The second-order valence-corrected chi connectivity index (χ2v) is 5.36. The predicted octanol–water partition coefficient (Wildman–Crippen LogP) is 2.53. The van der Waals surface area contributed by atoms with Crippen molar-refractivity contribution in [1.29, 1.82) is 0 Å². The van der Waals surface area contributed by atoms with Crippen LogP contribution in [-0.4, -0.2) is 36.2 Å². The number of phenolic OH excluding ortho intramolecular Hbond substituents is 1. The highest BCUT2D eigenvalue weighted by Crippen LogP contribution is 2.23. The van der Waals surface area contributed by atoms with Crippen LogP contribution in [0.2, 0.25) is 0 Å². The Bertz CT molecular complexity index is 375. The molecule has 3 nitrogen and oxygen atoms in total. The first-order chi connectivity index (χ1) is 8.66. The second kappa shape index (κ2) is 6.21. The van der Waals surface area contributed by atoms with Crippen molar-refractivity contribution in [2.75, 3.05) is 20.1 Å². The van der Waals surface area contributed by atoms with Gasteiger partial charge in [-0.1, -0.05) is 18.6 Å². The van der Waals surface area contributed by atoms with E-state index in [9.17, 15) is 5.11 Å². The SMILES string of the molecule is CC(c1cccc(O)c1)N(C)CC1CCCCN1. The number of piperidine rings is 1. The summed E-state index contributed by atoms with van der Waals surface area (Å²) < 4.78 is 0. The van der Waals surface area contributed by atoms with Gasteiger partial charge < -0.3 is 10.4 Å².